The lowest BCUT2D eigenvalue weighted by molar-refractivity contribution is 0.349. The summed E-state index contributed by atoms with van der Waals surface area (Å²) in [7, 11) is 0. The van der Waals surface area contributed by atoms with Gasteiger partial charge in [-0.1, -0.05) is 18.2 Å². The maximum absolute atomic E-state index is 14.0. The van der Waals surface area contributed by atoms with Gasteiger partial charge < -0.3 is 20.4 Å². The van der Waals surface area contributed by atoms with Crippen LogP contribution in [0.4, 0.5) is 21.7 Å². The fourth-order valence-corrected chi connectivity index (χ4v) is 3.85. The second kappa shape index (κ2) is 8.66. The molecule has 168 valence electrons. The van der Waals surface area contributed by atoms with Gasteiger partial charge in [0.25, 0.3) is 0 Å². The largest absolute Gasteiger partial charge is 0.457 e. The number of hydrogen-bond donors (Lipinski definition) is 4. The van der Waals surface area contributed by atoms with Gasteiger partial charge in [0.1, 0.15) is 17.3 Å². The van der Waals surface area contributed by atoms with Crippen LogP contribution in [0.3, 0.4) is 0 Å². The van der Waals surface area contributed by atoms with Crippen LogP contribution in [0.2, 0.25) is 0 Å². The van der Waals surface area contributed by atoms with Crippen molar-refractivity contribution in [1.82, 2.24) is 9.97 Å². The minimum Gasteiger partial charge on any atom is -0.457 e. The summed E-state index contributed by atoms with van der Waals surface area (Å²) in [5, 5.41) is 14.4. The van der Waals surface area contributed by atoms with E-state index in [1.807, 2.05) is 54.6 Å². The molecule has 0 amide bonds. The molecule has 4 aromatic rings. The van der Waals surface area contributed by atoms with E-state index < -0.39 is 3.68 Å². The average Bonchev–Trinajstić information content (AvgIpc) is 3.55. The molecular weight excluding hydrogens is 532 g/mol. The van der Waals surface area contributed by atoms with Gasteiger partial charge in [-0.05, 0) is 84.3 Å². The van der Waals surface area contributed by atoms with Crippen molar-refractivity contribution in [3.05, 3.63) is 72.3 Å². The summed E-state index contributed by atoms with van der Waals surface area (Å²) in [5.41, 5.74) is 3.91. The number of imidazole rings is 1. The van der Waals surface area contributed by atoms with Crippen molar-refractivity contribution >= 4 is 56.8 Å². The van der Waals surface area contributed by atoms with Crippen molar-refractivity contribution in [2.75, 3.05) is 10.6 Å². The number of hydrogen-bond acceptors (Lipinski definition) is 4. The fraction of sp³-hybridized carbons (Fsp3) is 0.200. The number of aromatic nitrogens is 2. The highest BCUT2D eigenvalue weighted by atomic mass is 127. The molecular formula is C25H23FIN5O. The first-order chi connectivity index (χ1) is 15.8. The third-order valence-electron chi connectivity index (χ3n) is 5.44. The smallest absolute Gasteiger partial charge is 0.205 e. The van der Waals surface area contributed by atoms with Gasteiger partial charge in [-0.3, -0.25) is 5.41 Å². The predicted molar refractivity (Wildman–Crippen MR) is 139 cm³/mol. The summed E-state index contributed by atoms with van der Waals surface area (Å²) in [6, 6.07) is 20.5. The summed E-state index contributed by atoms with van der Waals surface area (Å²) in [6.45, 7) is 1.53. The zero-order valence-corrected chi connectivity index (χ0v) is 20.1. The van der Waals surface area contributed by atoms with Gasteiger partial charge in [-0.2, -0.15) is 0 Å². The van der Waals surface area contributed by atoms with E-state index in [1.54, 1.807) is 34.7 Å². The predicted octanol–water partition coefficient (Wildman–Crippen LogP) is 7.48. The first-order valence-electron chi connectivity index (χ1n) is 10.7. The molecule has 1 aliphatic rings. The van der Waals surface area contributed by atoms with Gasteiger partial charge in [0.2, 0.25) is 5.95 Å². The Morgan fingerprint density at radius 3 is 2.58 bits per heavy atom. The molecule has 1 aromatic heterocycles. The van der Waals surface area contributed by atoms with Gasteiger partial charge in [0.05, 0.1) is 11.0 Å². The van der Waals surface area contributed by atoms with Crippen LogP contribution in [0.25, 0.3) is 11.0 Å². The van der Waals surface area contributed by atoms with E-state index in [0.717, 1.165) is 35.2 Å². The summed E-state index contributed by atoms with van der Waals surface area (Å²) in [4.78, 5) is 7.84. The number of rotatable bonds is 7. The van der Waals surface area contributed by atoms with Crippen LogP contribution in [0.1, 0.15) is 25.3 Å². The molecule has 0 saturated heterocycles. The first kappa shape index (κ1) is 21.7. The van der Waals surface area contributed by atoms with Crippen molar-refractivity contribution in [3.8, 4) is 11.5 Å². The zero-order chi connectivity index (χ0) is 23.0. The SMILES string of the molecule is CC(F)(I)c1ccc(Nc2nc3cc(Oc4cccc(NC(=N)C5CC5)c4)ccc3[nH]2)cc1. The standard InChI is InChI=1S/C25H23FIN5O/c1-25(26,27)16-7-9-17(10-8-16)30-24-31-21-12-11-20(14-22(21)32-24)33-19-4-2-3-18(13-19)29-23(28)15-5-6-15/h2-4,7-15H,5-6H2,1H3,(H2,28,29)(H2,30,31,32). The molecule has 5 rings (SSSR count). The van der Waals surface area contributed by atoms with Gasteiger partial charge >= 0.3 is 0 Å². The monoisotopic (exact) mass is 555 g/mol. The fourth-order valence-electron chi connectivity index (χ4n) is 3.49. The summed E-state index contributed by atoms with van der Waals surface area (Å²) in [5.74, 6) is 2.88. The van der Waals surface area contributed by atoms with Crippen molar-refractivity contribution in [2.45, 2.75) is 23.4 Å². The number of alkyl halides is 2. The zero-order valence-electron chi connectivity index (χ0n) is 18.0. The quantitative estimate of drug-likeness (QED) is 0.0825. The number of benzene rings is 3. The van der Waals surface area contributed by atoms with Crippen LogP contribution in [-0.4, -0.2) is 15.8 Å². The van der Waals surface area contributed by atoms with Crippen molar-refractivity contribution in [2.24, 2.45) is 5.92 Å². The highest BCUT2D eigenvalue weighted by Crippen LogP contribution is 2.34. The molecule has 1 unspecified atom stereocenters. The molecule has 4 N–H and O–H groups in total. The third kappa shape index (κ3) is 5.27. The Balaban J connectivity index is 1.29. The van der Waals surface area contributed by atoms with E-state index in [2.05, 4.69) is 20.6 Å². The average molecular weight is 555 g/mol. The Bertz CT molecular complexity index is 1310. The lowest BCUT2D eigenvalue weighted by atomic mass is 10.1. The van der Waals surface area contributed by atoms with Crippen LogP contribution in [0, 0.1) is 11.3 Å². The highest BCUT2D eigenvalue weighted by molar-refractivity contribution is 14.1. The lowest BCUT2D eigenvalue weighted by Crippen LogP contribution is -2.12. The van der Waals surface area contributed by atoms with Gasteiger partial charge in [-0.15, -0.1) is 0 Å². The van der Waals surface area contributed by atoms with Crippen LogP contribution < -0.4 is 15.4 Å². The maximum Gasteiger partial charge on any atom is 0.205 e. The third-order valence-corrected chi connectivity index (χ3v) is 6.07. The van der Waals surface area contributed by atoms with Crippen LogP contribution >= 0.6 is 22.6 Å². The van der Waals surface area contributed by atoms with Crippen LogP contribution in [0.5, 0.6) is 11.5 Å². The topological polar surface area (TPSA) is 85.8 Å². The molecule has 0 bridgehead atoms. The van der Waals surface area contributed by atoms with E-state index in [1.165, 1.54) is 6.92 Å². The Morgan fingerprint density at radius 1 is 1.09 bits per heavy atom. The van der Waals surface area contributed by atoms with E-state index in [9.17, 15) is 4.39 Å². The number of amidine groups is 1. The molecule has 0 spiro atoms. The molecule has 0 radical (unpaired) electrons. The minimum atomic E-state index is -1.40. The van der Waals surface area contributed by atoms with Gasteiger partial charge in [-0.25, -0.2) is 9.37 Å². The maximum atomic E-state index is 14.0. The Hall–Kier alpha value is -3.14. The van der Waals surface area contributed by atoms with E-state index in [0.29, 0.717) is 34.8 Å². The molecule has 6 nitrogen and oxygen atoms in total. The number of nitrogens with zero attached hydrogens (tertiary/aromatic N) is 1. The molecule has 8 heteroatoms. The van der Waals surface area contributed by atoms with Crippen molar-refractivity contribution in [1.29, 1.82) is 5.41 Å². The summed E-state index contributed by atoms with van der Waals surface area (Å²) in [6.07, 6.45) is 2.17. The molecule has 1 atom stereocenters. The summed E-state index contributed by atoms with van der Waals surface area (Å²) < 4.78 is 18.7. The van der Waals surface area contributed by atoms with E-state index in [-0.39, 0.29) is 0 Å². The van der Waals surface area contributed by atoms with Gasteiger partial charge in [0, 0.05) is 29.4 Å². The van der Waals surface area contributed by atoms with Crippen molar-refractivity contribution < 1.29 is 9.13 Å². The number of nitrogens with one attached hydrogen (secondary N) is 4. The molecule has 1 heterocycles. The molecule has 33 heavy (non-hydrogen) atoms. The first-order valence-corrected chi connectivity index (χ1v) is 11.8. The molecule has 3 aromatic carbocycles. The number of H-pyrrole nitrogens is 1. The summed E-state index contributed by atoms with van der Waals surface area (Å²) >= 11 is 1.78. The Kier molecular flexibility index (Phi) is 5.69. The highest BCUT2D eigenvalue weighted by Gasteiger charge is 2.26. The number of fused-ring (bicyclic) bond motifs is 1. The second-order valence-corrected chi connectivity index (χ2v) is 10.3. The molecule has 0 aliphatic heterocycles. The van der Waals surface area contributed by atoms with E-state index in [4.69, 9.17) is 10.1 Å². The number of ether oxygens (including phenoxy) is 1. The molecule has 1 fully saturated rings. The normalized spacial score (nSPS) is 15.1. The number of aromatic amines is 1. The Labute approximate surface area is 204 Å². The minimum absolute atomic E-state index is 0.368. The van der Waals surface area contributed by atoms with Gasteiger partial charge in [0.15, 0.2) is 3.68 Å². The van der Waals surface area contributed by atoms with Crippen molar-refractivity contribution in [3.63, 3.8) is 0 Å². The Morgan fingerprint density at radius 2 is 1.85 bits per heavy atom. The lowest BCUT2D eigenvalue weighted by Gasteiger charge is -2.13. The van der Waals surface area contributed by atoms with E-state index >= 15 is 0 Å². The molecule has 1 aliphatic carbocycles. The van der Waals surface area contributed by atoms with Crippen LogP contribution in [0.15, 0.2) is 66.7 Å². The van der Waals surface area contributed by atoms with Crippen LogP contribution in [-0.2, 0) is 3.68 Å². The number of anilines is 3. The second-order valence-electron chi connectivity index (χ2n) is 8.30. The molecule has 1 saturated carbocycles. The number of halogens is 2.